The molecular weight excluding hydrogens is 404 g/mol. The number of quaternary nitrogens is 1. The lowest BCUT2D eigenvalue weighted by Crippen LogP contribution is -3.00. The van der Waals surface area contributed by atoms with Crippen molar-refractivity contribution < 1.29 is 32.9 Å². The summed E-state index contributed by atoms with van der Waals surface area (Å²) < 4.78 is 0. The fourth-order valence-corrected chi connectivity index (χ4v) is 3.66. The number of rotatable bonds is 18. The average Bonchev–Trinajstić information content (AvgIpc) is 2.73. The molecule has 0 aliphatic heterocycles. The van der Waals surface area contributed by atoms with Gasteiger partial charge in [-0.3, -0.25) is 10.1 Å². The summed E-state index contributed by atoms with van der Waals surface area (Å²) in [4.78, 5) is 10.3. The predicted molar refractivity (Wildman–Crippen MR) is 117 cm³/mol. The molecular formula is C23H41ClN2O4. The Morgan fingerprint density at radius 3 is 1.80 bits per heavy atom. The van der Waals surface area contributed by atoms with E-state index in [1.54, 1.807) is 12.1 Å². The third-order valence-electron chi connectivity index (χ3n) is 5.59. The van der Waals surface area contributed by atoms with Gasteiger partial charge in [-0.2, -0.15) is 0 Å². The van der Waals surface area contributed by atoms with Gasteiger partial charge in [0.05, 0.1) is 18.1 Å². The molecule has 0 unspecified atom stereocenters. The van der Waals surface area contributed by atoms with Gasteiger partial charge in [0, 0.05) is 12.1 Å². The quantitative estimate of drug-likeness (QED) is 0.180. The maximum atomic E-state index is 10.7. The molecule has 1 aromatic carbocycles. The van der Waals surface area contributed by atoms with Crippen LogP contribution < -0.4 is 17.7 Å². The standard InChI is InChI=1S/C23H40N2O4.ClH/c1-2-3-4-5-6-7-8-9-10-11-12-13-18-24-22(19-26)23(27)20-14-16-21(17-15-20)25(28)29;/h14-17,22-24,26-27H,2-13,18-19H2,1H3;1H/t22-,23-;/m1./s1. The first-order valence-electron chi connectivity index (χ1n) is 11.5. The lowest BCUT2D eigenvalue weighted by Gasteiger charge is -2.19. The number of hydrogen-bond donors (Lipinski definition) is 3. The maximum Gasteiger partial charge on any atom is 0.269 e. The molecule has 0 aliphatic carbocycles. The second-order valence-corrected chi connectivity index (χ2v) is 8.05. The lowest BCUT2D eigenvalue weighted by atomic mass is 10.0. The number of nitro benzene ring substituents is 1. The van der Waals surface area contributed by atoms with Crippen LogP contribution in [-0.4, -0.2) is 34.3 Å². The lowest BCUT2D eigenvalue weighted by molar-refractivity contribution is -0.699. The molecule has 0 heterocycles. The van der Waals surface area contributed by atoms with E-state index in [-0.39, 0.29) is 30.7 Å². The molecule has 6 nitrogen and oxygen atoms in total. The maximum absolute atomic E-state index is 10.7. The van der Waals surface area contributed by atoms with Gasteiger partial charge in [-0.15, -0.1) is 0 Å². The van der Waals surface area contributed by atoms with Crippen LogP contribution in [0.2, 0.25) is 0 Å². The summed E-state index contributed by atoms with van der Waals surface area (Å²) in [7, 11) is 0. The van der Waals surface area contributed by atoms with Crippen molar-refractivity contribution in [2.24, 2.45) is 0 Å². The second kappa shape index (κ2) is 18.6. The minimum atomic E-state index is -0.835. The molecule has 0 aromatic heterocycles. The monoisotopic (exact) mass is 444 g/mol. The number of non-ortho nitro benzene ring substituents is 1. The zero-order valence-corrected chi connectivity index (χ0v) is 19.2. The van der Waals surface area contributed by atoms with E-state index < -0.39 is 11.0 Å². The summed E-state index contributed by atoms with van der Waals surface area (Å²) in [6.07, 6.45) is 14.9. The molecule has 30 heavy (non-hydrogen) atoms. The van der Waals surface area contributed by atoms with E-state index >= 15 is 0 Å². The van der Waals surface area contributed by atoms with Gasteiger partial charge in [0.15, 0.2) is 0 Å². The molecule has 0 saturated carbocycles. The minimum absolute atomic E-state index is 0. The Morgan fingerprint density at radius 1 is 0.900 bits per heavy atom. The number of hydrogen-bond acceptors (Lipinski definition) is 4. The third-order valence-corrected chi connectivity index (χ3v) is 5.59. The molecule has 4 N–H and O–H groups in total. The molecule has 0 spiro atoms. The van der Waals surface area contributed by atoms with Crippen molar-refractivity contribution in [1.29, 1.82) is 0 Å². The van der Waals surface area contributed by atoms with Crippen molar-refractivity contribution in [2.75, 3.05) is 13.2 Å². The van der Waals surface area contributed by atoms with Gasteiger partial charge in [0.1, 0.15) is 12.1 Å². The number of nitro groups is 1. The van der Waals surface area contributed by atoms with Crippen LogP contribution >= 0.6 is 0 Å². The zero-order valence-electron chi connectivity index (χ0n) is 18.5. The molecule has 0 fully saturated rings. The topological polar surface area (TPSA) is 100 Å². The van der Waals surface area contributed by atoms with Crippen LogP contribution in [0, 0.1) is 10.1 Å². The normalized spacial score (nSPS) is 12.9. The van der Waals surface area contributed by atoms with Gasteiger partial charge in [0.25, 0.3) is 5.69 Å². The first-order chi connectivity index (χ1) is 14.1. The van der Waals surface area contributed by atoms with E-state index in [9.17, 15) is 20.3 Å². The van der Waals surface area contributed by atoms with Gasteiger partial charge < -0.3 is 27.9 Å². The fourth-order valence-electron chi connectivity index (χ4n) is 3.66. The van der Waals surface area contributed by atoms with Gasteiger partial charge in [0.2, 0.25) is 0 Å². The highest BCUT2D eigenvalue weighted by atomic mass is 35.5. The van der Waals surface area contributed by atoms with Gasteiger partial charge >= 0.3 is 0 Å². The highest BCUT2D eigenvalue weighted by Gasteiger charge is 2.23. The first kappa shape index (κ1) is 28.8. The molecule has 1 aromatic rings. The fraction of sp³-hybridized carbons (Fsp3) is 0.739. The number of nitrogens with zero attached hydrogens (tertiary/aromatic N) is 1. The van der Waals surface area contributed by atoms with Crippen LogP contribution in [0.3, 0.4) is 0 Å². The number of benzene rings is 1. The summed E-state index contributed by atoms with van der Waals surface area (Å²) in [5.41, 5.74) is 0.600. The molecule has 2 atom stereocenters. The average molecular weight is 445 g/mol. The van der Waals surface area contributed by atoms with Crippen LogP contribution in [0.4, 0.5) is 5.69 Å². The van der Waals surface area contributed by atoms with E-state index in [2.05, 4.69) is 6.92 Å². The minimum Gasteiger partial charge on any atom is -1.00 e. The summed E-state index contributed by atoms with van der Waals surface area (Å²) in [5.74, 6) is 0. The Morgan fingerprint density at radius 2 is 1.37 bits per heavy atom. The van der Waals surface area contributed by atoms with Crippen LogP contribution in [-0.2, 0) is 0 Å². The molecule has 0 amide bonds. The van der Waals surface area contributed by atoms with E-state index in [0.29, 0.717) is 5.56 Å². The summed E-state index contributed by atoms with van der Waals surface area (Å²) in [6.45, 7) is 2.99. The Balaban J connectivity index is 0.00000841. The van der Waals surface area contributed by atoms with Gasteiger partial charge in [-0.05, 0) is 30.5 Å². The van der Waals surface area contributed by atoms with E-state index in [4.69, 9.17) is 0 Å². The van der Waals surface area contributed by atoms with Crippen molar-refractivity contribution in [3.8, 4) is 0 Å². The molecule has 7 heteroatoms. The number of unbranched alkanes of at least 4 members (excludes halogenated alkanes) is 11. The van der Waals surface area contributed by atoms with E-state index in [0.717, 1.165) is 13.0 Å². The number of aliphatic hydroxyl groups excluding tert-OH is 2. The van der Waals surface area contributed by atoms with Crippen molar-refractivity contribution in [3.63, 3.8) is 0 Å². The smallest absolute Gasteiger partial charge is 0.269 e. The Kier molecular flexibility index (Phi) is 17.8. The number of halogens is 1. The van der Waals surface area contributed by atoms with Crippen LogP contribution in [0.25, 0.3) is 0 Å². The largest absolute Gasteiger partial charge is 1.00 e. The number of nitrogens with two attached hydrogens (primary N) is 1. The Labute approximate surface area is 188 Å². The number of aliphatic hydroxyl groups is 2. The first-order valence-corrected chi connectivity index (χ1v) is 11.5. The summed E-state index contributed by atoms with van der Waals surface area (Å²) in [5, 5.41) is 32.7. The molecule has 0 bridgehead atoms. The molecule has 0 aliphatic rings. The van der Waals surface area contributed by atoms with Gasteiger partial charge in [-0.25, -0.2) is 0 Å². The zero-order chi connectivity index (χ0) is 21.3. The molecule has 0 saturated heterocycles. The Bertz CT molecular complexity index is 543. The molecule has 1 rings (SSSR count). The van der Waals surface area contributed by atoms with Crippen molar-refractivity contribution in [1.82, 2.24) is 0 Å². The van der Waals surface area contributed by atoms with Crippen molar-refractivity contribution >= 4 is 5.69 Å². The Hall–Kier alpha value is -1.21. The van der Waals surface area contributed by atoms with Gasteiger partial charge in [-0.1, -0.05) is 71.1 Å². The summed E-state index contributed by atoms with van der Waals surface area (Å²) >= 11 is 0. The highest BCUT2D eigenvalue weighted by molar-refractivity contribution is 5.34. The highest BCUT2D eigenvalue weighted by Crippen LogP contribution is 2.19. The van der Waals surface area contributed by atoms with E-state index in [1.165, 1.54) is 82.8 Å². The third kappa shape index (κ3) is 12.5. The van der Waals surface area contributed by atoms with Crippen LogP contribution in [0.15, 0.2) is 24.3 Å². The predicted octanol–water partition coefficient (Wildman–Crippen LogP) is 1.26. The van der Waals surface area contributed by atoms with Crippen LogP contribution in [0.5, 0.6) is 0 Å². The second-order valence-electron chi connectivity index (χ2n) is 8.05. The SMILES string of the molecule is CCCCCCCCCCCCCC[NH2+][C@H](CO)[C@H](O)c1ccc([N+](=O)[O-])cc1.[Cl-]. The van der Waals surface area contributed by atoms with Crippen molar-refractivity contribution in [2.45, 2.75) is 96.1 Å². The van der Waals surface area contributed by atoms with Crippen molar-refractivity contribution in [3.05, 3.63) is 39.9 Å². The van der Waals surface area contributed by atoms with Crippen LogP contribution in [0.1, 0.15) is 95.6 Å². The summed E-state index contributed by atoms with van der Waals surface area (Å²) in [6, 6.07) is 5.55. The molecule has 0 radical (unpaired) electrons. The van der Waals surface area contributed by atoms with E-state index in [1.807, 2.05) is 5.32 Å². The molecule has 174 valence electrons.